The van der Waals surface area contributed by atoms with Crippen LogP contribution in [0.4, 0.5) is 8.78 Å². The largest absolute Gasteiger partial charge is 0.353 e. The number of ketones is 2. The van der Waals surface area contributed by atoms with Crippen LogP contribution in [0.15, 0.2) is 36.4 Å². The smallest absolute Gasteiger partial charge is 0.172 e. The van der Waals surface area contributed by atoms with Gasteiger partial charge in [-0.15, -0.1) is 0 Å². The number of hydrogen-bond acceptors (Lipinski definition) is 2. The summed E-state index contributed by atoms with van der Waals surface area (Å²) in [7, 11) is 0. The van der Waals surface area contributed by atoms with Gasteiger partial charge in [0, 0.05) is 43.7 Å². The number of halogens is 2. The second kappa shape index (κ2) is 4.59. The van der Waals surface area contributed by atoms with Crippen LogP contribution in [0.3, 0.4) is 0 Å². The molecule has 0 spiro atoms. The maximum Gasteiger partial charge on any atom is 0.172 e. The Kier molecular flexibility index (Phi) is 2.49. The number of fused-ring (bicyclic) bond motifs is 10. The van der Waals surface area contributed by atoms with Gasteiger partial charge >= 0.3 is 0 Å². The second-order valence-corrected chi connectivity index (χ2v) is 6.90. The molecule has 0 amide bonds. The van der Waals surface area contributed by atoms with Crippen molar-refractivity contribution in [1.29, 1.82) is 0 Å². The summed E-state index contributed by atoms with van der Waals surface area (Å²) in [6, 6.07) is 8.58. The van der Waals surface area contributed by atoms with Crippen LogP contribution >= 0.6 is 0 Å². The fourth-order valence-corrected chi connectivity index (χ4v) is 4.36. The van der Waals surface area contributed by atoms with Gasteiger partial charge in [0.15, 0.2) is 11.6 Å². The third-order valence-corrected chi connectivity index (χ3v) is 5.40. The molecule has 1 aliphatic carbocycles. The Hall–Kier alpha value is -3.54. The van der Waals surface area contributed by atoms with E-state index in [1.54, 1.807) is 12.1 Å². The van der Waals surface area contributed by atoms with Gasteiger partial charge in [0.1, 0.15) is 11.6 Å². The van der Waals surface area contributed by atoms with Crippen LogP contribution in [0.2, 0.25) is 0 Å². The van der Waals surface area contributed by atoms with Gasteiger partial charge < -0.3 is 9.97 Å². The Bertz CT molecular complexity index is 1390. The molecule has 2 aromatic heterocycles. The van der Waals surface area contributed by atoms with Crippen LogP contribution < -0.4 is 0 Å². The van der Waals surface area contributed by atoms with Gasteiger partial charge in [-0.05, 0) is 36.4 Å². The molecule has 27 heavy (non-hydrogen) atoms. The highest BCUT2D eigenvalue weighted by molar-refractivity contribution is 6.40. The van der Waals surface area contributed by atoms with Gasteiger partial charge in [0.05, 0.1) is 17.5 Å². The van der Waals surface area contributed by atoms with Crippen molar-refractivity contribution < 1.29 is 18.4 Å². The monoisotopic (exact) mass is 360 g/mol. The first-order valence-electron chi connectivity index (χ1n) is 8.47. The Morgan fingerprint density at radius 1 is 0.704 bits per heavy atom. The standard InChI is InChI=1S/C21H10F2N2O2/c22-8-1-3-10-12(5-8)24-20-16(10)18-14(26)7-15(27)19(18)17-11-4-2-9(23)6-13(11)25-21(17)20/h1-6,24-25H,7H2. The summed E-state index contributed by atoms with van der Waals surface area (Å²) in [4.78, 5) is 31.7. The quantitative estimate of drug-likeness (QED) is 0.382. The first kappa shape index (κ1) is 14.6. The van der Waals surface area contributed by atoms with E-state index < -0.39 is 11.6 Å². The molecule has 6 rings (SSSR count). The summed E-state index contributed by atoms with van der Waals surface area (Å²) >= 11 is 0. The molecule has 0 unspecified atom stereocenters. The molecule has 2 heterocycles. The number of nitrogens with one attached hydrogen (secondary N) is 2. The van der Waals surface area contributed by atoms with E-state index in [0.29, 0.717) is 54.7 Å². The summed E-state index contributed by atoms with van der Waals surface area (Å²) in [5.41, 5.74) is 3.04. The van der Waals surface area contributed by atoms with E-state index >= 15 is 0 Å². The van der Waals surface area contributed by atoms with Crippen molar-refractivity contribution in [2.24, 2.45) is 0 Å². The topological polar surface area (TPSA) is 65.7 Å². The van der Waals surface area contributed by atoms with E-state index in [2.05, 4.69) is 9.97 Å². The average Bonchev–Trinajstić information content (AvgIpc) is 3.25. The van der Waals surface area contributed by atoms with Crippen LogP contribution in [0.5, 0.6) is 0 Å². The van der Waals surface area contributed by atoms with Gasteiger partial charge in [-0.1, -0.05) is 0 Å². The lowest BCUT2D eigenvalue weighted by atomic mass is 9.97. The van der Waals surface area contributed by atoms with Crippen LogP contribution in [-0.2, 0) is 0 Å². The highest BCUT2D eigenvalue weighted by Crippen LogP contribution is 2.43. The van der Waals surface area contributed by atoms with Crippen molar-refractivity contribution in [1.82, 2.24) is 9.97 Å². The third-order valence-electron chi connectivity index (χ3n) is 5.40. The molecule has 1 aliphatic rings. The molecule has 2 N–H and O–H groups in total. The number of carbonyl (C=O) groups is 2. The fraction of sp³-hybridized carbons (Fsp3) is 0.0476. The minimum atomic E-state index is -0.400. The highest BCUT2D eigenvalue weighted by Gasteiger charge is 2.34. The van der Waals surface area contributed by atoms with Gasteiger partial charge in [-0.25, -0.2) is 8.78 Å². The number of carbonyl (C=O) groups excluding carboxylic acids is 2. The number of rotatable bonds is 0. The Morgan fingerprint density at radius 3 is 1.59 bits per heavy atom. The predicted octanol–water partition coefficient (Wildman–Crippen LogP) is 5.00. The first-order valence-corrected chi connectivity index (χ1v) is 8.47. The summed E-state index contributed by atoms with van der Waals surface area (Å²) in [6.45, 7) is 0. The SMILES string of the molecule is O=C1CC(=O)c2c1c1c3ccc(F)cc3[nH]c1c1[nH]c3cc(F)ccc3c21. The van der Waals surface area contributed by atoms with Crippen molar-refractivity contribution in [3.63, 3.8) is 0 Å². The summed E-state index contributed by atoms with van der Waals surface area (Å²) in [5, 5.41) is 2.57. The molecular formula is C21H10F2N2O2. The van der Waals surface area contributed by atoms with E-state index in [9.17, 15) is 18.4 Å². The number of aromatic nitrogens is 2. The van der Waals surface area contributed by atoms with E-state index in [1.807, 2.05) is 0 Å². The van der Waals surface area contributed by atoms with Gasteiger partial charge in [0.25, 0.3) is 0 Å². The van der Waals surface area contributed by atoms with Crippen molar-refractivity contribution in [2.45, 2.75) is 6.42 Å². The zero-order valence-electron chi connectivity index (χ0n) is 13.7. The lowest BCUT2D eigenvalue weighted by Gasteiger charge is -2.04. The lowest BCUT2D eigenvalue weighted by Crippen LogP contribution is -1.94. The molecular weight excluding hydrogens is 350 g/mol. The molecule has 0 saturated carbocycles. The zero-order valence-corrected chi connectivity index (χ0v) is 13.7. The molecule has 0 aliphatic heterocycles. The number of H-pyrrole nitrogens is 2. The minimum Gasteiger partial charge on any atom is -0.353 e. The molecule has 0 fully saturated rings. The molecule has 0 saturated heterocycles. The zero-order chi connectivity index (χ0) is 18.4. The second-order valence-electron chi connectivity index (χ2n) is 6.90. The van der Waals surface area contributed by atoms with Gasteiger partial charge in [-0.2, -0.15) is 0 Å². The molecule has 6 heteroatoms. The molecule has 0 atom stereocenters. The fourth-order valence-electron chi connectivity index (χ4n) is 4.36. The Morgan fingerprint density at radius 2 is 1.15 bits per heavy atom. The molecule has 0 bridgehead atoms. The molecule has 130 valence electrons. The molecule has 5 aromatic rings. The van der Waals surface area contributed by atoms with Crippen LogP contribution in [-0.4, -0.2) is 21.5 Å². The van der Waals surface area contributed by atoms with Crippen LogP contribution in [0.25, 0.3) is 43.6 Å². The number of aromatic amines is 2. The minimum absolute atomic E-state index is 0.189. The first-order chi connectivity index (χ1) is 13.0. The van der Waals surface area contributed by atoms with Crippen LogP contribution in [0, 0.1) is 11.6 Å². The summed E-state index contributed by atoms with van der Waals surface area (Å²) in [6.07, 6.45) is -0.189. The Balaban J connectivity index is 1.98. The molecule has 0 radical (unpaired) electrons. The van der Waals surface area contributed by atoms with Crippen LogP contribution in [0.1, 0.15) is 27.1 Å². The van der Waals surface area contributed by atoms with Crippen molar-refractivity contribution in [3.05, 3.63) is 59.2 Å². The molecule has 3 aromatic carbocycles. The summed E-state index contributed by atoms with van der Waals surface area (Å²) < 4.78 is 27.4. The summed E-state index contributed by atoms with van der Waals surface area (Å²) in [5.74, 6) is -1.29. The van der Waals surface area contributed by atoms with Gasteiger partial charge in [0.2, 0.25) is 0 Å². The normalized spacial score (nSPS) is 14.3. The maximum absolute atomic E-state index is 13.7. The Labute approximate surface area is 149 Å². The third kappa shape index (κ3) is 1.70. The van der Waals surface area contributed by atoms with Gasteiger partial charge in [-0.3, -0.25) is 9.59 Å². The lowest BCUT2D eigenvalue weighted by molar-refractivity contribution is 0.0924. The number of hydrogen-bond donors (Lipinski definition) is 2. The van der Waals surface area contributed by atoms with Crippen molar-refractivity contribution >= 4 is 55.2 Å². The number of benzene rings is 3. The van der Waals surface area contributed by atoms with Crippen molar-refractivity contribution in [2.75, 3.05) is 0 Å². The van der Waals surface area contributed by atoms with E-state index in [1.165, 1.54) is 24.3 Å². The molecule has 4 nitrogen and oxygen atoms in total. The van der Waals surface area contributed by atoms with E-state index in [4.69, 9.17) is 0 Å². The average molecular weight is 360 g/mol. The van der Waals surface area contributed by atoms with Crippen molar-refractivity contribution in [3.8, 4) is 0 Å². The predicted molar refractivity (Wildman–Crippen MR) is 98.4 cm³/mol. The maximum atomic E-state index is 13.7. The number of Topliss-reactive ketones (excluding diaryl/α,β-unsaturated/α-hetero) is 2. The van der Waals surface area contributed by atoms with E-state index in [0.717, 1.165) is 0 Å². The highest BCUT2D eigenvalue weighted by atomic mass is 19.1. The van der Waals surface area contributed by atoms with E-state index in [-0.39, 0.29) is 18.0 Å².